The second kappa shape index (κ2) is 6.82. The van der Waals surface area contributed by atoms with E-state index in [2.05, 4.69) is 5.10 Å². The predicted molar refractivity (Wildman–Crippen MR) is 93.4 cm³/mol. The van der Waals surface area contributed by atoms with Gasteiger partial charge in [0.05, 0.1) is 5.92 Å². The third-order valence-electron chi connectivity index (χ3n) is 5.21. The van der Waals surface area contributed by atoms with Gasteiger partial charge in [-0.2, -0.15) is 23.3 Å². The van der Waals surface area contributed by atoms with Gasteiger partial charge in [0.25, 0.3) is 11.6 Å². The van der Waals surface area contributed by atoms with Gasteiger partial charge in [0.15, 0.2) is 6.61 Å². The minimum atomic E-state index is -5.01. The molecule has 1 saturated carbocycles. The summed E-state index contributed by atoms with van der Waals surface area (Å²) in [4.78, 5) is 12.5. The average molecular weight is 384 g/mol. The second-order valence-electron chi connectivity index (χ2n) is 7.34. The zero-order valence-corrected chi connectivity index (χ0v) is 15.6. The number of hydrogen-bond donors (Lipinski definition) is 1. The molecule has 0 unspecified atom stereocenters. The van der Waals surface area contributed by atoms with Crippen molar-refractivity contribution in [3.63, 3.8) is 0 Å². The van der Waals surface area contributed by atoms with Crippen LogP contribution in [0.15, 0.2) is 17.2 Å². The van der Waals surface area contributed by atoms with Crippen LogP contribution in [0.4, 0.5) is 13.2 Å². The number of hydrogen-bond acceptors (Lipinski definition) is 4. The third-order valence-corrected chi connectivity index (χ3v) is 5.21. The van der Waals surface area contributed by atoms with E-state index in [0.29, 0.717) is 25.0 Å². The first-order valence-corrected chi connectivity index (χ1v) is 8.96. The Balaban J connectivity index is 1.84. The molecule has 27 heavy (non-hydrogen) atoms. The molecule has 1 amide bonds. The van der Waals surface area contributed by atoms with Gasteiger partial charge in [0.2, 0.25) is 0 Å². The predicted octanol–water partition coefficient (Wildman–Crippen LogP) is 3.63. The minimum absolute atomic E-state index is 0.148. The van der Waals surface area contributed by atoms with E-state index in [1.165, 1.54) is 0 Å². The molecule has 1 fully saturated rings. The van der Waals surface area contributed by atoms with Crippen LogP contribution in [0.3, 0.4) is 0 Å². The molecule has 1 aliphatic heterocycles. The largest absolute Gasteiger partial charge is 0.483 e. The van der Waals surface area contributed by atoms with Crippen molar-refractivity contribution < 1.29 is 27.8 Å². The van der Waals surface area contributed by atoms with Crippen LogP contribution in [-0.2, 0) is 4.79 Å². The average Bonchev–Trinajstić information content (AvgIpc) is 2.88. The molecule has 8 heteroatoms. The van der Waals surface area contributed by atoms with Gasteiger partial charge >= 0.3 is 6.18 Å². The van der Waals surface area contributed by atoms with Crippen molar-refractivity contribution in [1.82, 2.24) is 5.01 Å². The highest BCUT2D eigenvalue weighted by molar-refractivity contribution is 5.93. The first-order valence-electron chi connectivity index (χ1n) is 8.96. The van der Waals surface area contributed by atoms with Gasteiger partial charge in [-0.1, -0.05) is 24.1 Å². The van der Waals surface area contributed by atoms with Crippen LogP contribution < -0.4 is 4.74 Å². The number of carbonyl (C=O) groups excluding carboxylic acids is 1. The summed E-state index contributed by atoms with van der Waals surface area (Å²) in [6.45, 7) is 4.89. The molecule has 0 spiro atoms. The van der Waals surface area contributed by atoms with E-state index in [4.69, 9.17) is 4.74 Å². The van der Waals surface area contributed by atoms with Gasteiger partial charge in [0.1, 0.15) is 5.75 Å². The molecule has 0 radical (unpaired) electrons. The molecule has 1 heterocycles. The molecule has 148 valence electrons. The van der Waals surface area contributed by atoms with Crippen molar-refractivity contribution in [2.75, 3.05) is 6.61 Å². The van der Waals surface area contributed by atoms with Crippen LogP contribution in [0.2, 0.25) is 0 Å². The number of rotatable bonds is 3. The fourth-order valence-electron chi connectivity index (χ4n) is 4.05. The van der Waals surface area contributed by atoms with Crippen LogP contribution in [-0.4, -0.2) is 40.2 Å². The van der Waals surface area contributed by atoms with Gasteiger partial charge < -0.3 is 9.84 Å². The summed E-state index contributed by atoms with van der Waals surface area (Å²) in [6, 6.07) is 3.73. The zero-order valence-electron chi connectivity index (χ0n) is 15.6. The number of aryl methyl sites for hydroxylation is 3. The number of amides is 1. The van der Waals surface area contributed by atoms with Crippen molar-refractivity contribution >= 4 is 11.6 Å². The van der Waals surface area contributed by atoms with Crippen LogP contribution in [0.25, 0.3) is 0 Å². The minimum Gasteiger partial charge on any atom is -0.483 e. The Morgan fingerprint density at radius 3 is 2.52 bits per heavy atom. The molecule has 0 bridgehead atoms. The lowest BCUT2D eigenvalue weighted by Crippen LogP contribution is -2.62. The standard InChI is InChI=1S/C19H23F3N2O3/c1-11-8-12(2)17(13(3)9-11)27-10-16(25)24-18(26,19(20,21)22)14-6-4-5-7-15(14)23-24/h8-9,14,26H,4-7,10H2,1-3H3/t14-,18+/m1/s1. The maximum atomic E-state index is 13.7. The number of halogens is 3. The molecule has 1 aromatic carbocycles. The van der Waals surface area contributed by atoms with E-state index in [-0.39, 0.29) is 17.1 Å². The smallest absolute Gasteiger partial charge is 0.439 e. The fourth-order valence-corrected chi connectivity index (χ4v) is 4.05. The molecule has 1 aromatic rings. The summed E-state index contributed by atoms with van der Waals surface area (Å²) in [5.74, 6) is -1.78. The lowest BCUT2D eigenvalue weighted by molar-refractivity contribution is -0.317. The van der Waals surface area contributed by atoms with E-state index >= 15 is 0 Å². The number of benzene rings is 1. The molecule has 5 nitrogen and oxygen atoms in total. The lowest BCUT2D eigenvalue weighted by atomic mass is 9.80. The molecule has 0 saturated heterocycles. The van der Waals surface area contributed by atoms with Gasteiger partial charge in [-0.05, 0) is 51.2 Å². The van der Waals surface area contributed by atoms with Crippen molar-refractivity contribution in [3.8, 4) is 5.75 Å². The first-order chi connectivity index (χ1) is 12.6. The van der Waals surface area contributed by atoms with Crippen LogP contribution in [0.5, 0.6) is 5.75 Å². The molecule has 1 aliphatic carbocycles. The van der Waals surface area contributed by atoms with Gasteiger partial charge in [-0.25, -0.2) is 0 Å². The monoisotopic (exact) mass is 384 g/mol. The maximum Gasteiger partial charge on any atom is 0.439 e. The van der Waals surface area contributed by atoms with E-state index in [0.717, 1.165) is 16.7 Å². The number of hydrazone groups is 1. The third kappa shape index (κ3) is 3.31. The van der Waals surface area contributed by atoms with E-state index in [1.807, 2.05) is 19.1 Å². The van der Waals surface area contributed by atoms with Crippen LogP contribution in [0, 0.1) is 26.7 Å². The molecule has 3 rings (SSSR count). The van der Waals surface area contributed by atoms with Crippen molar-refractivity contribution in [3.05, 3.63) is 28.8 Å². The maximum absolute atomic E-state index is 13.7. The highest BCUT2D eigenvalue weighted by atomic mass is 19.4. The summed E-state index contributed by atoms with van der Waals surface area (Å²) < 4.78 is 46.6. The highest BCUT2D eigenvalue weighted by Gasteiger charge is 2.68. The fraction of sp³-hybridized carbons (Fsp3) is 0.579. The Kier molecular flexibility index (Phi) is 4.96. The SMILES string of the molecule is Cc1cc(C)c(OCC(=O)N2N=C3CCCC[C@H]3[C@]2(O)C(F)(F)F)c(C)c1. The number of fused-ring (bicyclic) bond motifs is 1. The van der Waals surface area contributed by atoms with Gasteiger partial charge in [-0.3, -0.25) is 4.79 Å². The zero-order chi connectivity index (χ0) is 20.0. The normalized spacial score (nSPS) is 25.2. The van der Waals surface area contributed by atoms with Crippen LogP contribution in [0.1, 0.15) is 42.4 Å². The lowest BCUT2D eigenvalue weighted by Gasteiger charge is -2.38. The Bertz CT molecular complexity index is 768. The van der Waals surface area contributed by atoms with E-state index in [9.17, 15) is 23.1 Å². The summed E-state index contributed by atoms with van der Waals surface area (Å²) >= 11 is 0. The summed E-state index contributed by atoms with van der Waals surface area (Å²) in [7, 11) is 0. The number of ether oxygens (including phenoxy) is 1. The molecule has 2 atom stereocenters. The molecular formula is C19H23F3N2O3. The van der Waals surface area contributed by atoms with Crippen LogP contribution >= 0.6 is 0 Å². The van der Waals surface area contributed by atoms with Crippen molar-refractivity contribution in [1.29, 1.82) is 0 Å². The van der Waals surface area contributed by atoms with Gasteiger partial charge in [-0.15, -0.1) is 0 Å². The Hall–Kier alpha value is -2.09. The quantitative estimate of drug-likeness (QED) is 0.866. The van der Waals surface area contributed by atoms with E-state index < -0.39 is 30.3 Å². The molecule has 1 N–H and O–H groups in total. The Morgan fingerprint density at radius 1 is 1.30 bits per heavy atom. The number of alkyl halides is 3. The van der Waals surface area contributed by atoms with Crippen molar-refractivity contribution in [2.24, 2.45) is 11.0 Å². The topological polar surface area (TPSA) is 62.1 Å². The number of aliphatic hydroxyl groups is 1. The molecule has 0 aromatic heterocycles. The summed E-state index contributed by atoms with van der Waals surface area (Å²) in [6.07, 6.45) is -3.25. The molecule has 2 aliphatic rings. The number of carbonyl (C=O) groups is 1. The second-order valence-corrected chi connectivity index (χ2v) is 7.34. The Labute approximate surface area is 155 Å². The van der Waals surface area contributed by atoms with E-state index in [1.54, 1.807) is 13.8 Å². The van der Waals surface area contributed by atoms with Crippen molar-refractivity contribution in [2.45, 2.75) is 58.4 Å². The molecular weight excluding hydrogens is 361 g/mol. The number of nitrogens with zero attached hydrogens (tertiary/aromatic N) is 2. The first kappa shape index (κ1) is 19.7. The Morgan fingerprint density at radius 2 is 1.93 bits per heavy atom. The highest BCUT2D eigenvalue weighted by Crippen LogP contribution is 2.48. The van der Waals surface area contributed by atoms with Gasteiger partial charge in [0, 0.05) is 5.71 Å². The summed E-state index contributed by atoms with van der Waals surface area (Å²) in [5.41, 5.74) is -0.483. The summed E-state index contributed by atoms with van der Waals surface area (Å²) in [5, 5.41) is 14.5.